The lowest BCUT2D eigenvalue weighted by Crippen LogP contribution is -2.31. The minimum absolute atomic E-state index is 0.000936. The molecule has 1 heterocycles. The van der Waals surface area contributed by atoms with Crippen LogP contribution in [0.25, 0.3) is 0 Å². The van der Waals surface area contributed by atoms with Crippen LogP contribution in [0, 0.1) is 5.82 Å². The van der Waals surface area contributed by atoms with E-state index in [-0.39, 0.29) is 11.4 Å². The molecule has 2 rings (SSSR count). The number of carbonyl (C=O) groups excluding carboxylic acids is 1. The number of halogens is 1. The number of carboxylic acids is 1. The summed E-state index contributed by atoms with van der Waals surface area (Å²) in [6.45, 7) is 2.05. The molecule has 0 saturated carbocycles. The van der Waals surface area contributed by atoms with Crippen molar-refractivity contribution in [2.75, 3.05) is 11.4 Å². The van der Waals surface area contributed by atoms with Crippen molar-refractivity contribution in [1.82, 2.24) is 4.98 Å². The first-order chi connectivity index (χ1) is 10.0. The quantitative estimate of drug-likeness (QED) is 0.938. The second kappa shape index (κ2) is 6.13. The number of aromatic carboxylic acids is 1. The van der Waals surface area contributed by atoms with Crippen molar-refractivity contribution >= 4 is 17.6 Å². The van der Waals surface area contributed by atoms with Crippen molar-refractivity contribution in [1.29, 1.82) is 0 Å². The third-order valence-electron chi connectivity index (χ3n) is 2.87. The Balaban J connectivity index is 2.36. The van der Waals surface area contributed by atoms with Gasteiger partial charge in [0, 0.05) is 12.2 Å². The minimum atomic E-state index is -1.21. The molecule has 1 aromatic heterocycles. The van der Waals surface area contributed by atoms with E-state index in [2.05, 4.69) is 4.98 Å². The number of carboxylic acid groups (broad SMARTS) is 1. The van der Waals surface area contributed by atoms with Gasteiger partial charge in [-0.15, -0.1) is 0 Å². The molecule has 2 aromatic rings. The van der Waals surface area contributed by atoms with E-state index in [1.807, 2.05) is 0 Å². The Kier molecular flexibility index (Phi) is 4.27. The van der Waals surface area contributed by atoms with Crippen LogP contribution in [-0.2, 0) is 0 Å². The number of pyridine rings is 1. The summed E-state index contributed by atoms with van der Waals surface area (Å²) in [7, 11) is 0. The van der Waals surface area contributed by atoms with Gasteiger partial charge in [0.2, 0.25) is 0 Å². The first-order valence-corrected chi connectivity index (χ1v) is 6.30. The molecule has 1 aromatic carbocycles. The van der Waals surface area contributed by atoms with Gasteiger partial charge in [0.1, 0.15) is 17.2 Å². The first-order valence-electron chi connectivity index (χ1n) is 6.30. The number of nitrogens with zero attached hydrogens (tertiary/aromatic N) is 2. The summed E-state index contributed by atoms with van der Waals surface area (Å²) in [5.41, 5.74) is 0.183. The Hall–Kier alpha value is -2.76. The number of hydrogen-bond acceptors (Lipinski definition) is 3. The molecule has 6 heteroatoms. The predicted octanol–water partition coefficient (Wildman–Crippen LogP) is 2.59. The maximum Gasteiger partial charge on any atom is 0.354 e. The molecule has 0 aliphatic carbocycles. The summed E-state index contributed by atoms with van der Waals surface area (Å²) >= 11 is 0. The average Bonchev–Trinajstić information content (AvgIpc) is 2.48. The lowest BCUT2D eigenvalue weighted by atomic mass is 10.2. The normalized spacial score (nSPS) is 10.2. The van der Waals surface area contributed by atoms with Crippen LogP contribution >= 0.6 is 0 Å². The lowest BCUT2D eigenvalue weighted by Gasteiger charge is -2.20. The highest BCUT2D eigenvalue weighted by molar-refractivity contribution is 6.05. The first kappa shape index (κ1) is 14.6. The fraction of sp³-hybridized carbons (Fsp3) is 0.133. The third kappa shape index (κ3) is 3.22. The van der Waals surface area contributed by atoms with E-state index in [0.717, 1.165) is 0 Å². The van der Waals surface area contributed by atoms with Gasteiger partial charge in [-0.3, -0.25) is 4.79 Å². The van der Waals surface area contributed by atoms with Crippen molar-refractivity contribution < 1.29 is 19.1 Å². The van der Waals surface area contributed by atoms with Crippen molar-refractivity contribution in [2.24, 2.45) is 0 Å². The molecule has 0 atom stereocenters. The van der Waals surface area contributed by atoms with Crippen LogP contribution in [0.2, 0.25) is 0 Å². The summed E-state index contributed by atoms with van der Waals surface area (Å²) in [5.74, 6) is -2.14. The van der Waals surface area contributed by atoms with Gasteiger partial charge in [-0.05, 0) is 37.3 Å². The molecule has 0 bridgehead atoms. The number of amides is 1. The number of hydrogen-bond donors (Lipinski definition) is 1. The molecule has 0 radical (unpaired) electrons. The zero-order chi connectivity index (χ0) is 15.4. The Morgan fingerprint density at radius 3 is 2.48 bits per heavy atom. The summed E-state index contributed by atoms with van der Waals surface area (Å²) in [6, 6.07) is 9.80. The van der Waals surface area contributed by atoms with Gasteiger partial charge in [-0.25, -0.2) is 14.2 Å². The molecule has 5 nitrogen and oxygen atoms in total. The monoisotopic (exact) mass is 288 g/mol. The maximum absolute atomic E-state index is 13.3. The van der Waals surface area contributed by atoms with E-state index in [1.165, 1.54) is 41.3 Å². The second-order valence-corrected chi connectivity index (χ2v) is 4.24. The van der Waals surface area contributed by atoms with E-state index in [4.69, 9.17) is 5.11 Å². The summed E-state index contributed by atoms with van der Waals surface area (Å²) in [5, 5.41) is 8.90. The van der Waals surface area contributed by atoms with Gasteiger partial charge in [0.25, 0.3) is 5.91 Å². The molecule has 0 spiro atoms. The van der Waals surface area contributed by atoms with Gasteiger partial charge < -0.3 is 10.0 Å². The zero-order valence-electron chi connectivity index (χ0n) is 11.3. The van der Waals surface area contributed by atoms with Crippen LogP contribution in [0.5, 0.6) is 0 Å². The molecular weight excluding hydrogens is 275 g/mol. The summed E-state index contributed by atoms with van der Waals surface area (Å²) in [4.78, 5) is 28.4. The van der Waals surface area contributed by atoms with Crippen molar-refractivity contribution in [3.8, 4) is 0 Å². The standard InChI is InChI=1S/C15H13FN2O3/c1-2-18(11-6-3-5-10(16)9-11)14(19)12-7-4-8-13(17-12)15(20)21/h3-9H,2H2,1H3,(H,20,21). The second-order valence-electron chi connectivity index (χ2n) is 4.24. The van der Waals surface area contributed by atoms with Crippen LogP contribution in [0.15, 0.2) is 42.5 Å². The average molecular weight is 288 g/mol. The molecule has 1 amide bonds. The number of carbonyl (C=O) groups is 2. The fourth-order valence-corrected chi connectivity index (χ4v) is 1.90. The van der Waals surface area contributed by atoms with Gasteiger partial charge >= 0.3 is 5.97 Å². The van der Waals surface area contributed by atoms with Crippen LogP contribution in [0.3, 0.4) is 0 Å². The largest absolute Gasteiger partial charge is 0.477 e. The highest BCUT2D eigenvalue weighted by Crippen LogP contribution is 2.17. The van der Waals surface area contributed by atoms with Crippen LogP contribution in [0.4, 0.5) is 10.1 Å². The molecule has 21 heavy (non-hydrogen) atoms. The predicted molar refractivity (Wildman–Crippen MR) is 74.9 cm³/mol. The van der Waals surface area contributed by atoms with Gasteiger partial charge in [-0.2, -0.15) is 0 Å². The lowest BCUT2D eigenvalue weighted by molar-refractivity contribution is 0.0690. The van der Waals surface area contributed by atoms with E-state index >= 15 is 0 Å². The SMILES string of the molecule is CCN(C(=O)c1cccc(C(=O)O)n1)c1cccc(F)c1. The third-order valence-corrected chi connectivity index (χ3v) is 2.87. The number of rotatable bonds is 4. The molecule has 0 unspecified atom stereocenters. The van der Waals surface area contributed by atoms with E-state index in [9.17, 15) is 14.0 Å². The Morgan fingerprint density at radius 1 is 1.19 bits per heavy atom. The van der Waals surface area contributed by atoms with Crippen molar-refractivity contribution in [3.63, 3.8) is 0 Å². The Bertz CT molecular complexity index is 688. The van der Waals surface area contributed by atoms with E-state index in [1.54, 1.807) is 13.0 Å². The highest BCUT2D eigenvalue weighted by atomic mass is 19.1. The fourth-order valence-electron chi connectivity index (χ4n) is 1.90. The van der Waals surface area contributed by atoms with Crippen LogP contribution in [0.1, 0.15) is 27.9 Å². The smallest absolute Gasteiger partial charge is 0.354 e. The molecule has 0 saturated heterocycles. The Labute approximate surface area is 120 Å². The molecule has 1 N–H and O–H groups in total. The van der Waals surface area contributed by atoms with Gasteiger partial charge in [0.15, 0.2) is 0 Å². The number of benzene rings is 1. The molecule has 108 valence electrons. The van der Waals surface area contributed by atoms with E-state index in [0.29, 0.717) is 12.2 Å². The van der Waals surface area contributed by atoms with Crippen LogP contribution < -0.4 is 4.90 Å². The van der Waals surface area contributed by atoms with E-state index < -0.39 is 17.7 Å². The number of aromatic nitrogens is 1. The maximum atomic E-state index is 13.3. The van der Waals surface area contributed by atoms with Crippen molar-refractivity contribution in [2.45, 2.75) is 6.92 Å². The van der Waals surface area contributed by atoms with Crippen LogP contribution in [-0.4, -0.2) is 28.5 Å². The zero-order valence-corrected chi connectivity index (χ0v) is 11.3. The van der Waals surface area contributed by atoms with Gasteiger partial charge in [-0.1, -0.05) is 12.1 Å². The molecular formula is C15H13FN2O3. The molecule has 0 fully saturated rings. The van der Waals surface area contributed by atoms with Crippen molar-refractivity contribution in [3.05, 3.63) is 59.7 Å². The molecule has 0 aliphatic rings. The summed E-state index contributed by atoms with van der Waals surface area (Å²) in [6.07, 6.45) is 0. The highest BCUT2D eigenvalue weighted by Gasteiger charge is 2.19. The topological polar surface area (TPSA) is 70.5 Å². The summed E-state index contributed by atoms with van der Waals surface area (Å²) < 4.78 is 13.3. The van der Waals surface area contributed by atoms with Gasteiger partial charge in [0.05, 0.1) is 0 Å². The molecule has 0 aliphatic heterocycles. The Morgan fingerprint density at radius 2 is 1.86 bits per heavy atom. The minimum Gasteiger partial charge on any atom is -0.477 e. The number of anilines is 1.